The van der Waals surface area contributed by atoms with Gasteiger partial charge in [-0.2, -0.15) is 0 Å². The Morgan fingerprint density at radius 3 is 2.55 bits per heavy atom. The molecule has 0 radical (unpaired) electrons. The lowest BCUT2D eigenvalue weighted by Crippen LogP contribution is -2.27. The molecule has 1 N–H and O–H groups in total. The van der Waals surface area contributed by atoms with Crippen LogP contribution in [0.4, 0.5) is 0 Å². The number of ether oxygens (including phenoxy) is 1. The minimum absolute atomic E-state index is 0.498. The van der Waals surface area contributed by atoms with Crippen LogP contribution in [-0.4, -0.2) is 42.2 Å². The topological polar surface area (TPSA) is 37.4 Å². The summed E-state index contributed by atoms with van der Waals surface area (Å²) in [5.74, 6) is 0. The van der Waals surface area contributed by atoms with E-state index in [1.807, 2.05) is 6.20 Å². The Hall–Kier alpha value is -0.970. The third-order valence-corrected chi connectivity index (χ3v) is 3.30. The largest absolute Gasteiger partial charge is 0.374 e. The molecule has 0 aliphatic carbocycles. The Labute approximate surface area is 123 Å². The average molecular weight is 279 g/mol. The molecule has 0 unspecified atom stereocenters. The minimum atomic E-state index is 0.498. The van der Waals surface area contributed by atoms with Crippen molar-refractivity contribution < 1.29 is 4.74 Å². The summed E-state index contributed by atoms with van der Waals surface area (Å²) in [4.78, 5) is 6.79. The molecule has 20 heavy (non-hydrogen) atoms. The van der Waals surface area contributed by atoms with Crippen molar-refractivity contribution in [1.82, 2.24) is 15.2 Å². The molecule has 1 heterocycles. The van der Waals surface area contributed by atoms with Crippen LogP contribution in [0.1, 0.15) is 39.0 Å². The van der Waals surface area contributed by atoms with Crippen LogP contribution in [0, 0.1) is 0 Å². The molecule has 1 rings (SSSR count). The molecule has 0 fully saturated rings. The average Bonchev–Trinajstić information content (AvgIpc) is 2.46. The first-order valence-corrected chi connectivity index (χ1v) is 7.63. The van der Waals surface area contributed by atoms with E-state index in [1.54, 1.807) is 0 Å². The summed E-state index contributed by atoms with van der Waals surface area (Å²) in [6.45, 7) is 14.0. The van der Waals surface area contributed by atoms with Crippen LogP contribution in [0.15, 0.2) is 18.3 Å². The maximum Gasteiger partial charge on any atom is 0.0888 e. The summed E-state index contributed by atoms with van der Waals surface area (Å²) < 4.78 is 5.67. The van der Waals surface area contributed by atoms with Crippen LogP contribution in [0.25, 0.3) is 0 Å². The second-order valence-corrected chi connectivity index (χ2v) is 5.27. The van der Waals surface area contributed by atoms with Crippen LogP contribution in [0.3, 0.4) is 0 Å². The van der Waals surface area contributed by atoms with E-state index in [1.165, 1.54) is 5.56 Å². The number of hydrogen-bond acceptors (Lipinski definition) is 4. The van der Waals surface area contributed by atoms with Crippen LogP contribution in [0.5, 0.6) is 0 Å². The molecule has 4 heteroatoms. The molecule has 4 nitrogen and oxygen atoms in total. The number of pyridine rings is 1. The lowest BCUT2D eigenvalue weighted by atomic mass is 10.2. The van der Waals surface area contributed by atoms with Gasteiger partial charge in [0.05, 0.1) is 18.9 Å². The third-order valence-electron chi connectivity index (χ3n) is 3.30. The van der Waals surface area contributed by atoms with Gasteiger partial charge in [-0.3, -0.25) is 4.98 Å². The molecule has 1 aromatic heterocycles. The van der Waals surface area contributed by atoms with Gasteiger partial charge in [0, 0.05) is 25.3 Å². The minimum Gasteiger partial charge on any atom is -0.374 e. The summed E-state index contributed by atoms with van der Waals surface area (Å²) in [6, 6.07) is 4.67. The summed E-state index contributed by atoms with van der Waals surface area (Å²) >= 11 is 0. The van der Waals surface area contributed by atoms with Gasteiger partial charge in [0.25, 0.3) is 0 Å². The molecule has 0 aliphatic rings. The van der Waals surface area contributed by atoms with Gasteiger partial charge in [0.1, 0.15) is 0 Å². The van der Waals surface area contributed by atoms with E-state index in [0.717, 1.165) is 38.5 Å². The standard InChI is InChI=1S/C16H29N3O/c1-5-19(6-2)9-10-20-13-16-8-7-15(12-18-16)11-17-14(3)4/h7-8,12,14,17H,5-6,9-11,13H2,1-4H3. The van der Waals surface area contributed by atoms with Gasteiger partial charge in [0.2, 0.25) is 0 Å². The molecular weight excluding hydrogens is 250 g/mol. The fraction of sp³-hybridized carbons (Fsp3) is 0.688. The van der Waals surface area contributed by atoms with Gasteiger partial charge in [-0.1, -0.05) is 33.8 Å². The summed E-state index contributed by atoms with van der Waals surface area (Å²) in [5, 5.41) is 3.38. The van der Waals surface area contributed by atoms with Gasteiger partial charge < -0.3 is 15.0 Å². The van der Waals surface area contributed by atoms with Crippen LogP contribution in [0.2, 0.25) is 0 Å². The van der Waals surface area contributed by atoms with E-state index < -0.39 is 0 Å². The molecule has 1 aromatic rings. The smallest absolute Gasteiger partial charge is 0.0888 e. The molecule has 0 amide bonds. The van der Waals surface area contributed by atoms with Crippen LogP contribution >= 0.6 is 0 Å². The van der Waals surface area contributed by atoms with E-state index in [2.05, 4.69) is 55.0 Å². The first kappa shape index (κ1) is 17.1. The summed E-state index contributed by atoms with van der Waals surface area (Å²) in [6.07, 6.45) is 1.93. The molecule has 114 valence electrons. The zero-order valence-electron chi connectivity index (χ0n) is 13.4. The highest BCUT2D eigenvalue weighted by atomic mass is 16.5. The van der Waals surface area contributed by atoms with Crippen molar-refractivity contribution in [1.29, 1.82) is 0 Å². The number of nitrogens with zero attached hydrogens (tertiary/aromatic N) is 2. The third kappa shape index (κ3) is 6.98. The fourth-order valence-electron chi connectivity index (χ4n) is 1.88. The SMILES string of the molecule is CCN(CC)CCOCc1ccc(CNC(C)C)cn1. The van der Waals surface area contributed by atoms with Gasteiger partial charge in [-0.25, -0.2) is 0 Å². The normalized spacial score (nSPS) is 11.5. The lowest BCUT2D eigenvalue weighted by molar-refractivity contribution is 0.0936. The van der Waals surface area contributed by atoms with E-state index in [0.29, 0.717) is 12.6 Å². The summed E-state index contributed by atoms with van der Waals surface area (Å²) in [7, 11) is 0. The molecule has 0 aliphatic heterocycles. The molecule has 0 atom stereocenters. The van der Waals surface area contributed by atoms with Crippen molar-refractivity contribution in [3.63, 3.8) is 0 Å². The Morgan fingerprint density at radius 1 is 1.25 bits per heavy atom. The van der Waals surface area contributed by atoms with Gasteiger partial charge >= 0.3 is 0 Å². The highest BCUT2D eigenvalue weighted by Gasteiger charge is 2.00. The van der Waals surface area contributed by atoms with Crippen molar-refractivity contribution in [2.45, 2.75) is 46.9 Å². The van der Waals surface area contributed by atoms with Crippen molar-refractivity contribution in [3.8, 4) is 0 Å². The lowest BCUT2D eigenvalue weighted by Gasteiger charge is -2.17. The highest BCUT2D eigenvalue weighted by Crippen LogP contribution is 2.02. The molecule has 0 saturated heterocycles. The first-order chi connectivity index (χ1) is 9.65. The second kappa shape index (κ2) is 9.86. The quantitative estimate of drug-likeness (QED) is 0.668. The van der Waals surface area contributed by atoms with Gasteiger partial charge in [-0.15, -0.1) is 0 Å². The van der Waals surface area contributed by atoms with Crippen LogP contribution < -0.4 is 5.32 Å². The van der Waals surface area contributed by atoms with Crippen molar-refractivity contribution >= 4 is 0 Å². The van der Waals surface area contributed by atoms with Crippen molar-refractivity contribution in [3.05, 3.63) is 29.6 Å². The number of nitrogens with one attached hydrogen (secondary N) is 1. The predicted octanol–water partition coefficient (Wildman–Crippen LogP) is 2.44. The first-order valence-electron chi connectivity index (χ1n) is 7.63. The highest BCUT2D eigenvalue weighted by molar-refractivity contribution is 5.13. The van der Waals surface area contributed by atoms with E-state index in [4.69, 9.17) is 4.74 Å². The Bertz CT molecular complexity index is 347. The van der Waals surface area contributed by atoms with E-state index in [9.17, 15) is 0 Å². The zero-order valence-corrected chi connectivity index (χ0v) is 13.4. The van der Waals surface area contributed by atoms with Crippen molar-refractivity contribution in [2.75, 3.05) is 26.2 Å². The number of likely N-dealkylation sites (N-methyl/N-ethyl adjacent to an activating group) is 1. The molecule has 0 aromatic carbocycles. The number of aromatic nitrogens is 1. The molecule has 0 spiro atoms. The maximum absolute atomic E-state index is 5.67. The molecular formula is C16H29N3O. The number of rotatable bonds is 10. The van der Waals surface area contributed by atoms with Gasteiger partial charge in [0.15, 0.2) is 0 Å². The second-order valence-electron chi connectivity index (χ2n) is 5.27. The fourth-order valence-corrected chi connectivity index (χ4v) is 1.88. The Kier molecular flexibility index (Phi) is 8.42. The van der Waals surface area contributed by atoms with Gasteiger partial charge in [-0.05, 0) is 24.7 Å². The monoisotopic (exact) mass is 279 g/mol. The number of hydrogen-bond donors (Lipinski definition) is 1. The Morgan fingerprint density at radius 2 is 2.00 bits per heavy atom. The molecule has 0 bridgehead atoms. The zero-order chi connectivity index (χ0) is 14.8. The predicted molar refractivity (Wildman–Crippen MR) is 83.7 cm³/mol. The van der Waals surface area contributed by atoms with E-state index in [-0.39, 0.29) is 0 Å². The maximum atomic E-state index is 5.67. The summed E-state index contributed by atoms with van der Waals surface area (Å²) in [5.41, 5.74) is 2.21. The van der Waals surface area contributed by atoms with Crippen LogP contribution in [-0.2, 0) is 17.9 Å². The molecule has 0 saturated carbocycles. The van der Waals surface area contributed by atoms with Crippen molar-refractivity contribution in [2.24, 2.45) is 0 Å². The van der Waals surface area contributed by atoms with E-state index >= 15 is 0 Å². The Balaban J connectivity index is 2.24.